The number of hydrogen-bond donors (Lipinski definition) is 5. The SMILES string of the molecule is CC(=O)N1CCC(c2cc(C3CCCC3)cc3[nH]ncc23)CC1.CC1(C)CN(c2cc(OC(F)(F)F)cc3[nH]ncc23)CCN1S(C)(=O)=O.CS(=O)(=O)N1CCC(c2cc(C3CCCC3)cc3[nH]ncc23)CC1.O=C1CCCC2(CCN(c3cc(Cl)cc4[nH]ncc34)CC2)N1. The van der Waals surface area contributed by atoms with E-state index in [1.54, 1.807) is 25.1 Å². The lowest BCUT2D eigenvalue weighted by molar-refractivity contribution is -0.274. The van der Waals surface area contributed by atoms with Crippen molar-refractivity contribution in [2.24, 2.45) is 0 Å². The number of aromatic nitrogens is 8. The fraction of sp³-hybridized carbons (Fsp3) is 0.559. The molecule has 9 heterocycles. The summed E-state index contributed by atoms with van der Waals surface area (Å²) in [6, 6.07) is 15.9. The molecule has 5 saturated heterocycles. The van der Waals surface area contributed by atoms with Crippen molar-refractivity contribution in [1.82, 2.24) is 59.6 Å². The van der Waals surface area contributed by atoms with Crippen LogP contribution in [-0.2, 0) is 29.6 Å². The summed E-state index contributed by atoms with van der Waals surface area (Å²) < 4.78 is 92.3. The molecule has 0 bridgehead atoms. The number of fused-ring (bicyclic) bond motifs is 4. The van der Waals surface area contributed by atoms with Gasteiger partial charge in [0.25, 0.3) is 0 Å². The Kier molecular flexibility index (Phi) is 19.9. The molecule has 95 heavy (non-hydrogen) atoms. The van der Waals surface area contributed by atoms with E-state index in [-0.39, 0.29) is 29.6 Å². The minimum Gasteiger partial charge on any atom is -0.406 e. The molecular formula is C68H88ClF3N14O7S2. The lowest BCUT2D eigenvalue weighted by Crippen LogP contribution is -2.60. The average molecular weight is 1370 g/mol. The molecule has 1 spiro atoms. The number of carbonyl (C=O) groups is 2. The van der Waals surface area contributed by atoms with E-state index in [0.717, 1.165) is 117 Å². The van der Waals surface area contributed by atoms with Gasteiger partial charge in [-0.1, -0.05) is 49.4 Å². The van der Waals surface area contributed by atoms with Gasteiger partial charge in [-0.15, -0.1) is 13.2 Å². The van der Waals surface area contributed by atoms with Crippen molar-refractivity contribution in [3.63, 3.8) is 0 Å². The van der Waals surface area contributed by atoms with Crippen LogP contribution in [0.25, 0.3) is 43.6 Å². The summed E-state index contributed by atoms with van der Waals surface area (Å²) in [5.74, 6) is 2.42. The van der Waals surface area contributed by atoms with E-state index in [1.165, 1.54) is 119 Å². The van der Waals surface area contributed by atoms with Gasteiger partial charge in [0.15, 0.2) is 0 Å². The number of aromatic amines is 4. The zero-order valence-corrected chi connectivity index (χ0v) is 57.2. The van der Waals surface area contributed by atoms with E-state index >= 15 is 0 Å². The van der Waals surface area contributed by atoms with Crippen LogP contribution < -0.4 is 19.9 Å². The zero-order valence-electron chi connectivity index (χ0n) is 54.8. The molecule has 15 rings (SSSR count). The molecule has 5 N–H and O–H groups in total. The summed E-state index contributed by atoms with van der Waals surface area (Å²) in [5, 5.41) is 36.7. The van der Waals surface area contributed by atoms with Crippen LogP contribution in [0.5, 0.6) is 5.75 Å². The number of piperidine rings is 4. The van der Waals surface area contributed by atoms with Gasteiger partial charge in [0, 0.05) is 128 Å². The maximum atomic E-state index is 12.6. The van der Waals surface area contributed by atoms with E-state index in [0.29, 0.717) is 66.9 Å². The molecule has 5 aliphatic heterocycles. The summed E-state index contributed by atoms with van der Waals surface area (Å²) in [7, 11) is -6.46. The second kappa shape index (κ2) is 27.9. The number of carbonyl (C=O) groups excluding carboxylic acids is 2. The molecule has 21 nitrogen and oxygen atoms in total. The number of nitrogens with zero attached hydrogens (tertiary/aromatic N) is 9. The fourth-order valence-electron chi connectivity index (χ4n) is 16.1. The van der Waals surface area contributed by atoms with Gasteiger partial charge in [-0.05, 0) is 161 Å². The smallest absolute Gasteiger partial charge is 0.406 e. The highest BCUT2D eigenvalue weighted by atomic mass is 35.5. The van der Waals surface area contributed by atoms with Gasteiger partial charge in [0.05, 0.1) is 65.1 Å². The van der Waals surface area contributed by atoms with Gasteiger partial charge in [0.2, 0.25) is 31.9 Å². The molecular weight excluding hydrogens is 1280 g/mol. The topological polar surface area (TPSA) is 255 Å². The maximum absolute atomic E-state index is 12.6. The van der Waals surface area contributed by atoms with Crippen LogP contribution in [0.1, 0.15) is 176 Å². The molecule has 0 unspecified atom stereocenters. The molecule has 7 fully saturated rings. The van der Waals surface area contributed by atoms with E-state index in [2.05, 4.69) is 80.0 Å². The Morgan fingerprint density at radius 3 is 1.53 bits per heavy atom. The Balaban J connectivity index is 0.000000121. The van der Waals surface area contributed by atoms with Crippen molar-refractivity contribution in [1.29, 1.82) is 0 Å². The number of rotatable bonds is 9. The number of hydrogen-bond acceptors (Lipinski definition) is 13. The van der Waals surface area contributed by atoms with E-state index in [4.69, 9.17) is 11.6 Å². The summed E-state index contributed by atoms with van der Waals surface area (Å²) >= 11 is 6.23. The molecule has 2 aliphatic carbocycles. The van der Waals surface area contributed by atoms with E-state index in [1.807, 2.05) is 40.5 Å². The number of sulfonamides is 2. The molecule has 4 aromatic carbocycles. The molecule has 0 radical (unpaired) electrons. The minimum atomic E-state index is -4.81. The highest BCUT2D eigenvalue weighted by molar-refractivity contribution is 7.88. The number of amides is 2. The molecule has 512 valence electrons. The van der Waals surface area contributed by atoms with Crippen molar-refractivity contribution in [2.45, 2.75) is 171 Å². The van der Waals surface area contributed by atoms with Crippen molar-refractivity contribution in [3.05, 3.63) is 101 Å². The number of halogens is 4. The first-order valence-electron chi connectivity index (χ1n) is 33.6. The minimum absolute atomic E-state index is 0.0138. The first-order chi connectivity index (χ1) is 45.3. The third-order valence-electron chi connectivity index (χ3n) is 21.0. The van der Waals surface area contributed by atoms with Gasteiger partial charge >= 0.3 is 6.36 Å². The second-order valence-corrected chi connectivity index (χ2v) is 32.2. The zero-order chi connectivity index (χ0) is 67.0. The number of nitrogens with one attached hydrogen (secondary N) is 5. The normalized spacial score (nSPS) is 20.6. The van der Waals surface area contributed by atoms with Crippen LogP contribution in [0, 0.1) is 0 Å². The number of H-pyrrole nitrogens is 4. The highest BCUT2D eigenvalue weighted by Gasteiger charge is 2.41. The van der Waals surface area contributed by atoms with Gasteiger partial charge in [-0.3, -0.25) is 30.0 Å². The summed E-state index contributed by atoms with van der Waals surface area (Å²) in [5.41, 5.74) is 10.3. The lowest BCUT2D eigenvalue weighted by atomic mass is 9.80. The number of likely N-dealkylation sites (tertiary alicyclic amines) is 1. The molecule has 2 amide bonds. The third-order valence-corrected chi connectivity index (χ3v) is 24.0. The van der Waals surface area contributed by atoms with Crippen molar-refractivity contribution in [2.75, 3.05) is 81.2 Å². The first kappa shape index (κ1) is 68.0. The Labute approximate surface area is 558 Å². The Hall–Kier alpha value is -7.00. The van der Waals surface area contributed by atoms with Crippen LogP contribution in [0.2, 0.25) is 5.02 Å². The maximum Gasteiger partial charge on any atom is 0.573 e. The third kappa shape index (κ3) is 15.7. The summed E-state index contributed by atoms with van der Waals surface area (Å²) in [6.45, 7) is 11.0. The van der Waals surface area contributed by atoms with Crippen LogP contribution in [0.3, 0.4) is 0 Å². The average Bonchev–Trinajstić information content (AvgIpc) is 1.80. The molecule has 2 saturated carbocycles. The molecule has 0 atom stereocenters. The Morgan fingerprint density at radius 2 is 1.05 bits per heavy atom. The number of benzene rings is 4. The Bertz CT molecular complexity index is 4270. The quantitative estimate of drug-likeness (QED) is 0.0902. The number of piperazine rings is 1. The number of ether oxygens (including phenoxy) is 1. The van der Waals surface area contributed by atoms with Gasteiger partial charge in [0.1, 0.15) is 5.75 Å². The first-order valence-corrected chi connectivity index (χ1v) is 37.6. The number of alkyl halides is 3. The molecule has 8 aromatic rings. The largest absolute Gasteiger partial charge is 0.573 e. The van der Waals surface area contributed by atoms with E-state index in [9.17, 15) is 39.6 Å². The Morgan fingerprint density at radius 1 is 0.568 bits per heavy atom. The highest BCUT2D eigenvalue weighted by Crippen LogP contribution is 2.44. The second-order valence-electron chi connectivity index (χ2n) is 27.9. The van der Waals surface area contributed by atoms with Gasteiger partial charge in [-0.25, -0.2) is 21.1 Å². The van der Waals surface area contributed by atoms with Crippen LogP contribution in [0.4, 0.5) is 24.5 Å². The molecule has 27 heteroatoms. The molecule has 7 aliphatic rings. The molecule has 4 aromatic heterocycles. The summed E-state index contributed by atoms with van der Waals surface area (Å²) in [6.07, 6.45) is 24.2. The van der Waals surface area contributed by atoms with Crippen LogP contribution >= 0.6 is 11.6 Å². The van der Waals surface area contributed by atoms with Gasteiger partial charge < -0.3 is 24.8 Å². The predicted octanol–water partition coefficient (Wildman–Crippen LogP) is 12.5. The predicted molar refractivity (Wildman–Crippen MR) is 365 cm³/mol. The van der Waals surface area contributed by atoms with Crippen LogP contribution in [0.15, 0.2) is 73.3 Å². The van der Waals surface area contributed by atoms with Crippen LogP contribution in [-0.4, -0.2) is 172 Å². The summed E-state index contributed by atoms with van der Waals surface area (Å²) in [4.78, 5) is 29.5. The van der Waals surface area contributed by atoms with E-state index < -0.39 is 31.9 Å². The lowest BCUT2D eigenvalue weighted by Gasteiger charge is -2.46. The number of anilines is 2. The fourth-order valence-corrected chi connectivity index (χ4v) is 18.6. The van der Waals surface area contributed by atoms with Crippen molar-refractivity contribution >= 4 is 98.4 Å². The van der Waals surface area contributed by atoms with Gasteiger partial charge in [-0.2, -0.15) is 24.7 Å². The standard InChI is InChI=1S/C19H25N3O.C18H25N3O2S.C16H19ClN4O.C15H19F3N4O3S/c1-13(23)22-8-6-15(7-9-22)17-10-16(14-4-2-3-5-14)11-19-18(17)12-20-21-19;1-24(22,23)21-8-6-14(7-9-21)16-10-15(13-4-2-3-5-13)11-18-17(16)12-19-20-18;17-11-8-13-12(10-18-20-13)14(9-11)21-6-4-16(5-7-21)3-1-2-15(22)19-16;1-14(2)9-21(4-5-22(14)26(3,23)24)13-7-10(25-15(16,17)18)6-12-11(13)8-19-20-12/h10-12,14-15H,2-9H2,1H3,(H,20,21);10-14H,2-9H2,1H3,(H,19,20);8-10H,1-7H2,(H,18,20)(H,19,22);6-8H,4-5,9H2,1-3H3,(H,19,20). The monoisotopic (exact) mass is 1370 g/mol. The van der Waals surface area contributed by atoms with Crippen molar-refractivity contribution < 1.29 is 44.3 Å². The van der Waals surface area contributed by atoms with Crippen molar-refractivity contribution in [3.8, 4) is 5.75 Å².